The molecule has 21 heavy (non-hydrogen) atoms. The lowest BCUT2D eigenvalue weighted by molar-refractivity contribution is 0.100. The fourth-order valence-corrected chi connectivity index (χ4v) is 3.13. The number of amides is 1. The first-order valence-corrected chi connectivity index (χ1v) is 7.37. The molecule has 0 radical (unpaired) electrons. The highest BCUT2D eigenvalue weighted by Crippen LogP contribution is 2.22. The monoisotopic (exact) mass is 288 g/mol. The standard InChI is InChI=1S/C15H20N4O2/c1-2-18-8-6-10(7-9-18)19-15(21)13-11(14(16)20)4-3-5-12(13)17-19/h3-5,10,17H,2,6-9H2,1H3,(H2,16,20). The van der Waals surface area contributed by atoms with Crippen molar-refractivity contribution in [2.45, 2.75) is 25.8 Å². The van der Waals surface area contributed by atoms with Gasteiger partial charge in [0.2, 0.25) is 5.91 Å². The molecule has 1 saturated heterocycles. The number of primary amides is 1. The molecule has 6 nitrogen and oxygen atoms in total. The minimum Gasteiger partial charge on any atom is -0.366 e. The third kappa shape index (κ3) is 2.35. The van der Waals surface area contributed by atoms with Crippen molar-refractivity contribution in [3.8, 4) is 0 Å². The molecule has 6 heteroatoms. The molecular weight excluding hydrogens is 268 g/mol. The first-order valence-electron chi connectivity index (χ1n) is 7.37. The Morgan fingerprint density at radius 3 is 2.71 bits per heavy atom. The lowest BCUT2D eigenvalue weighted by Gasteiger charge is -2.31. The summed E-state index contributed by atoms with van der Waals surface area (Å²) in [6.07, 6.45) is 1.87. The number of likely N-dealkylation sites (tertiary alicyclic amines) is 1. The van der Waals surface area contributed by atoms with Gasteiger partial charge in [-0.1, -0.05) is 13.0 Å². The van der Waals surface area contributed by atoms with E-state index in [1.54, 1.807) is 22.9 Å². The second kappa shape index (κ2) is 5.37. The van der Waals surface area contributed by atoms with Crippen LogP contribution in [0.1, 0.15) is 36.2 Å². The van der Waals surface area contributed by atoms with Gasteiger partial charge in [-0.05, 0) is 31.5 Å². The Balaban J connectivity index is 2.01. The summed E-state index contributed by atoms with van der Waals surface area (Å²) in [5, 5.41) is 3.55. The number of carbonyl (C=O) groups is 1. The number of nitrogens with one attached hydrogen (secondary N) is 1. The van der Waals surface area contributed by atoms with Crippen molar-refractivity contribution in [3.63, 3.8) is 0 Å². The number of rotatable bonds is 3. The number of aromatic amines is 1. The van der Waals surface area contributed by atoms with Crippen LogP contribution in [0.4, 0.5) is 0 Å². The molecule has 1 amide bonds. The summed E-state index contributed by atoms with van der Waals surface area (Å²) in [5.41, 5.74) is 6.19. The molecule has 0 spiro atoms. The van der Waals surface area contributed by atoms with Gasteiger partial charge in [0.15, 0.2) is 0 Å². The first-order chi connectivity index (χ1) is 10.1. The molecule has 3 N–H and O–H groups in total. The third-order valence-corrected chi connectivity index (χ3v) is 4.37. The van der Waals surface area contributed by atoms with E-state index >= 15 is 0 Å². The molecule has 0 aliphatic carbocycles. The zero-order valence-electron chi connectivity index (χ0n) is 12.1. The second-order valence-electron chi connectivity index (χ2n) is 5.54. The van der Waals surface area contributed by atoms with Crippen LogP contribution < -0.4 is 11.3 Å². The van der Waals surface area contributed by atoms with Crippen LogP contribution in [0.2, 0.25) is 0 Å². The fourth-order valence-electron chi connectivity index (χ4n) is 3.13. The largest absolute Gasteiger partial charge is 0.366 e. The van der Waals surface area contributed by atoms with Crippen molar-refractivity contribution in [2.24, 2.45) is 5.73 Å². The number of nitrogens with two attached hydrogens (primary N) is 1. The number of H-pyrrole nitrogens is 1. The molecular formula is C15H20N4O2. The summed E-state index contributed by atoms with van der Waals surface area (Å²) in [5.74, 6) is -0.565. The number of fused-ring (bicyclic) bond motifs is 1. The second-order valence-corrected chi connectivity index (χ2v) is 5.54. The third-order valence-electron chi connectivity index (χ3n) is 4.37. The lowest BCUT2D eigenvalue weighted by Crippen LogP contribution is -2.37. The van der Waals surface area contributed by atoms with Crippen LogP contribution in [-0.4, -0.2) is 40.2 Å². The Morgan fingerprint density at radius 1 is 1.38 bits per heavy atom. The van der Waals surface area contributed by atoms with Crippen LogP contribution in [0, 0.1) is 0 Å². The van der Waals surface area contributed by atoms with Crippen LogP contribution in [-0.2, 0) is 0 Å². The van der Waals surface area contributed by atoms with Gasteiger partial charge in [-0.25, -0.2) is 4.68 Å². The van der Waals surface area contributed by atoms with Crippen molar-refractivity contribution in [3.05, 3.63) is 34.1 Å². The highest BCUT2D eigenvalue weighted by atomic mass is 16.1. The smallest absolute Gasteiger partial charge is 0.275 e. The molecule has 112 valence electrons. The number of carbonyl (C=O) groups excluding carboxylic acids is 1. The number of hydrogen-bond acceptors (Lipinski definition) is 3. The van der Waals surface area contributed by atoms with Crippen molar-refractivity contribution in [1.82, 2.24) is 14.7 Å². The quantitative estimate of drug-likeness (QED) is 0.886. The molecule has 1 aliphatic heterocycles. The Hall–Kier alpha value is -2.08. The molecule has 2 aromatic rings. The average Bonchev–Trinajstić information content (AvgIpc) is 2.84. The average molecular weight is 288 g/mol. The molecule has 2 heterocycles. The van der Waals surface area contributed by atoms with Crippen LogP contribution >= 0.6 is 0 Å². The molecule has 0 atom stereocenters. The maximum Gasteiger partial charge on any atom is 0.275 e. The van der Waals surface area contributed by atoms with Crippen molar-refractivity contribution < 1.29 is 4.79 Å². The van der Waals surface area contributed by atoms with Gasteiger partial charge in [0.1, 0.15) is 0 Å². The summed E-state index contributed by atoms with van der Waals surface area (Å²) < 4.78 is 1.67. The van der Waals surface area contributed by atoms with Crippen molar-refractivity contribution in [1.29, 1.82) is 0 Å². The van der Waals surface area contributed by atoms with Crippen LogP contribution in [0.25, 0.3) is 10.9 Å². The summed E-state index contributed by atoms with van der Waals surface area (Å²) >= 11 is 0. The highest BCUT2D eigenvalue weighted by molar-refractivity contribution is 6.05. The van der Waals surface area contributed by atoms with Crippen LogP contribution in [0.5, 0.6) is 0 Å². The van der Waals surface area contributed by atoms with Gasteiger partial charge in [-0.3, -0.25) is 14.7 Å². The number of aromatic nitrogens is 2. The molecule has 1 aliphatic rings. The zero-order valence-corrected chi connectivity index (χ0v) is 12.1. The Labute approximate surface area is 122 Å². The first kappa shape index (κ1) is 13.9. The van der Waals surface area contributed by atoms with E-state index in [1.807, 2.05) is 0 Å². The van der Waals surface area contributed by atoms with Gasteiger partial charge >= 0.3 is 0 Å². The Kier molecular flexibility index (Phi) is 3.55. The summed E-state index contributed by atoms with van der Waals surface area (Å²) in [6, 6.07) is 5.31. The van der Waals surface area contributed by atoms with Gasteiger partial charge in [-0.15, -0.1) is 0 Å². The van der Waals surface area contributed by atoms with Gasteiger partial charge in [-0.2, -0.15) is 0 Å². The van der Waals surface area contributed by atoms with Gasteiger partial charge in [0.05, 0.1) is 22.5 Å². The van der Waals surface area contributed by atoms with E-state index in [1.165, 1.54) is 0 Å². The lowest BCUT2D eigenvalue weighted by atomic mass is 10.1. The number of benzene rings is 1. The summed E-state index contributed by atoms with van der Waals surface area (Å²) in [7, 11) is 0. The van der Waals surface area contributed by atoms with E-state index in [2.05, 4.69) is 16.9 Å². The maximum absolute atomic E-state index is 12.6. The molecule has 1 fully saturated rings. The maximum atomic E-state index is 12.6. The van der Waals surface area contributed by atoms with Gasteiger partial charge in [0.25, 0.3) is 5.56 Å². The van der Waals surface area contributed by atoms with E-state index in [0.717, 1.165) is 32.5 Å². The predicted octanol–water partition coefficient (Wildman–Crippen LogP) is 1.09. The summed E-state index contributed by atoms with van der Waals surface area (Å²) in [4.78, 5) is 26.5. The normalized spacial score (nSPS) is 17.4. The molecule has 1 aromatic carbocycles. The number of piperidine rings is 1. The Morgan fingerprint density at radius 2 is 2.10 bits per heavy atom. The van der Waals surface area contributed by atoms with E-state index in [-0.39, 0.29) is 11.6 Å². The van der Waals surface area contributed by atoms with E-state index < -0.39 is 5.91 Å². The number of hydrogen-bond donors (Lipinski definition) is 2. The minimum absolute atomic E-state index is 0.144. The van der Waals surface area contributed by atoms with Crippen LogP contribution in [0.3, 0.4) is 0 Å². The van der Waals surface area contributed by atoms with Crippen molar-refractivity contribution in [2.75, 3.05) is 19.6 Å². The van der Waals surface area contributed by atoms with Gasteiger partial charge in [0, 0.05) is 13.1 Å². The topological polar surface area (TPSA) is 84.1 Å². The number of nitrogens with zero attached hydrogens (tertiary/aromatic N) is 2. The fraction of sp³-hybridized carbons (Fsp3) is 0.467. The highest BCUT2D eigenvalue weighted by Gasteiger charge is 2.23. The molecule has 0 unspecified atom stereocenters. The van der Waals surface area contributed by atoms with Crippen LogP contribution in [0.15, 0.2) is 23.0 Å². The summed E-state index contributed by atoms with van der Waals surface area (Å²) in [6.45, 7) is 5.17. The molecule has 0 bridgehead atoms. The Bertz CT molecular complexity index is 723. The van der Waals surface area contributed by atoms with E-state index in [4.69, 9.17) is 5.73 Å². The molecule has 0 saturated carbocycles. The van der Waals surface area contributed by atoms with Gasteiger partial charge < -0.3 is 10.6 Å². The molecule has 3 rings (SSSR count). The minimum atomic E-state index is -0.565. The molecule has 1 aromatic heterocycles. The van der Waals surface area contributed by atoms with E-state index in [0.29, 0.717) is 16.5 Å². The zero-order chi connectivity index (χ0) is 15.0. The van der Waals surface area contributed by atoms with E-state index in [9.17, 15) is 9.59 Å². The predicted molar refractivity (Wildman–Crippen MR) is 81.5 cm³/mol. The van der Waals surface area contributed by atoms with Crippen molar-refractivity contribution >= 4 is 16.8 Å². The SMILES string of the molecule is CCN1CCC(n2[nH]c3cccc(C(N)=O)c3c2=O)CC1.